The number of aryl methyl sites for hydroxylation is 2. The Hall–Kier alpha value is -0.210. The molecule has 1 saturated carbocycles. The van der Waals surface area contributed by atoms with Crippen LogP contribution in [0.1, 0.15) is 19.3 Å². The molecule has 2 rings (SSSR count). The van der Waals surface area contributed by atoms with Crippen molar-refractivity contribution in [2.24, 2.45) is 13.0 Å². The zero-order valence-corrected chi connectivity index (χ0v) is 9.22. The van der Waals surface area contributed by atoms with E-state index in [1.807, 2.05) is 24.1 Å². The van der Waals surface area contributed by atoms with Crippen molar-refractivity contribution in [3.8, 4) is 0 Å². The van der Waals surface area contributed by atoms with Crippen LogP contribution in [0.4, 0.5) is 0 Å². The average Bonchev–Trinajstić information content (AvgIpc) is 2.78. The third-order valence-electron chi connectivity index (χ3n) is 2.42. The fourth-order valence-corrected chi connectivity index (χ4v) is 1.57. The van der Waals surface area contributed by atoms with Gasteiger partial charge in [-0.2, -0.15) is 0 Å². The Morgan fingerprint density at radius 3 is 2.77 bits per heavy atom. The molecule has 0 atom stereocenters. The molecule has 1 aromatic rings. The summed E-state index contributed by atoms with van der Waals surface area (Å²) in [5.74, 6) is 0.997. The van der Waals surface area contributed by atoms with Crippen LogP contribution in [-0.2, 0) is 13.6 Å². The van der Waals surface area contributed by atoms with Gasteiger partial charge in [0.25, 0.3) is 0 Å². The molecule has 0 spiro atoms. The molecule has 1 fully saturated rings. The van der Waals surface area contributed by atoms with E-state index in [2.05, 4.69) is 4.57 Å². The van der Waals surface area contributed by atoms with Gasteiger partial charge in [0.2, 0.25) is 11.5 Å². The number of rotatable bonds is 3. The van der Waals surface area contributed by atoms with Crippen LogP contribution in [0.15, 0.2) is 12.5 Å². The highest BCUT2D eigenvalue weighted by molar-refractivity contribution is 6.29. The summed E-state index contributed by atoms with van der Waals surface area (Å²) in [6.45, 7) is 1.12. The van der Waals surface area contributed by atoms with Crippen LogP contribution in [0.3, 0.4) is 0 Å². The zero-order valence-electron chi connectivity index (χ0n) is 7.71. The molecule has 1 aromatic heterocycles. The molecule has 0 unspecified atom stereocenters. The van der Waals surface area contributed by atoms with Crippen molar-refractivity contribution in [3.05, 3.63) is 17.7 Å². The summed E-state index contributed by atoms with van der Waals surface area (Å²) >= 11 is 5.90. The number of hydrogen-bond acceptors (Lipinski definition) is 0. The van der Waals surface area contributed by atoms with Gasteiger partial charge in [0.1, 0.15) is 6.20 Å². The Morgan fingerprint density at radius 1 is 1.62 bits per heavy atom. The molecular weight excluding hydrogens is 207 g/mol. The second-order valence-corrected chi connectivity index (χ2v) is 4.04. The number of hydrogen-bond donors (Lipinski definition) is 0. The van der Waals surface area contributed by atoms with Crippen molar-refractivity contribution in [1.82, 2.24) is 4.57 Å². The van der Waals surface area contributed by atoms with E-state index in [1.165, 1.54) is 19.3 Å². The number of halogens is 2. The van der Waals surface area contributed by atoms with Gasteiger partial charge >= 0.3 is 0 Å². The summed E-state index contributed by atoms with van der Waals surface area (Å²) in [5.41, 5.74) is 0. The first-order valence-corrected chi connectivity index (χ1v) is 4.84. The fraction of sp³-hybridized carbons (Fsp3) is 0.667. The molecule has 0 radical (unpaired) electrons. The molecule has 1 aliphatic rings. The topological polar surface area (TPSA) is 8.81 Å². The van der Waals surface area contributed by atoms with Gasteiger partial charge in [-0.15, -0.1) is 0 Å². The van der Waals surface area contributed by atoms with E-state index < -0.39 is 0 Å². The molecular formula is C9H14Cl2N2. The third-order valence-corrected chi connectivity index (χ3v) is 2.79. The molecule has 0 saturated heterocycles. The molecule has 4 heteroatoms. The predicted molar refractivity (Wildman–Crippen MR) is 48.0 cm³/mol. The van der Waals surface area contributed by atoms with Crippen LogP contribution >= 0.6 is 11.6 Å². The van der Waals surface area contributed by atoms with Gasteiger partial charge in [0.15, 0.2) is 0 Å². The molecule has 0 aliphatic heterocycles. The highest BCUT2D eigenvalue weighted by atomic mass is 35.5. The first kappa shape index (κ1) is 10.9. The number of imidazole rings is 1. The van der Waals surface area contributed by atoms with E-state index >= 15 is 0 Å². The Labute approximate surface area is 89.9 Å². The molecule has 1 heterocycles. The van der Waals surface area contributed by atoms with E-state index in [1.54, 1.807) is 0 Å². The minimum atomic E-state index is 0. The highest BCUT2D eigenvalue weighted by Crippen LogP contribution is 2.32. The third kappa shape index (κ3) is 2.89. The highest BCUT2D eigenvalue weighted by Gasteiger charge is 2.22. The van der Waals surface area contributed by atoms with Crippen molar-refractivity contribution in [2.45, 2.75) is 25.8 Å². The Morgan fingerprint density at radius 2 is 2.31 bits per heavy atom. The first-order chi connectivity index (χ1) is 5.75. The lowest BCUT2D eigenvalue weighted by atomic mass is 10.3. The standard InChI is InChI=1S/C9H14ClN2.ClH/c1-11-7-12(6-9(11)10)5-4-8-2-3-8;/h6-8H,2-5H2,1H3;1H/q+1;/p-1. The maximum Gasteiger partial charge on any atom is 0.244 e. The van der Waals surface area contributed by atoms with Crippen molar-refractivity contribution < 1.29 is 17.0 Å². The summed E-state index contributed by atoms with van der Waals surface area (Å²) in [6.07, 6.45) is 8.21. The van der Waals surface area contributed by atoms with E-state index in [-0.39, 0.29) is 12.4 Å². The van der Waals surface area contributed by atoms with Crippen LogP contribution in [0, 0.1) is 5.92 Å². The van der Waals surface area contributed by atoms with E-state index in [9.17, 15) is 0 Å². The lowest BCUT2D eigenvalue weighted by molar-refractivity contribution is -0.697. The molecule has 0 bridgehead atoms. The second-order valence-electron chi connectivity index (χ2n) is 3.65. The summed E-state index contributed by atoms with van der Waals surface area (Å²) in [5, 5.41) is 0.811. The average molecular weight is 221 g/mol. The maximum absolute atomic E-state index is 5.90. The van der Waals surface area contributed by atoms with Crippen LogP contribution in [0.25, 0.3) is 0 Å². The quantitative estimate of drug-likeness (QED) is 0.565. The lowest BCUT2D eigenvalue weighted by Gasteiger charge is -1.92. The molecule has 0 aromatic carbocycles. The predicted octanol–water partition coefficient (Wildman–Crippen LogP) is -1.23. The van der Waals surface area contributed by atoms with Gasteiger partial charge in [-0.1, -0.05) is 12.8 Å². The SMILES string of the molecule is Cn1c[n+](CCC2CC2)cc1Cl.[Cl-]. The maximum atomic E-state index is 5.90. The van der Waals surface area contributed by atoms with Gasteiger partial charge in [0.05, 0.1) is 13.6 Å². The molecule has 0 N–H and O–H groups in total. The number of aromatic nitrogens is 2. The van der Waals surface area contributed by atoms with Crippen LogP contribution in [0.5, 0.6) is 0 Å². The lowest BCUT2D eigenvalue weighted by Crippen LogP contribution is -3.00. The monoisotopic (exact) mass is 220 g/mol. The van der Waals surface area contributed by atoms with E-state index in [0.29, 0.717) is 0 Å². The number of nitrogens with zero attached hydrogens (tertiary/aromatic N) is 2. The summed E-state index contributed by atoms with van der Waals surface area (Å²) in [6, 6.07) is 0. The summed E-state index contributed by atoms with van der Waals surface area (Å²) in [4.78, 5) is 0. The van der Waals surface area contributed by atoms with Crippen molar-refractivity contribution in [1.29, 1.82) is 0 Å². The van der Waals surface area contributed by atoms with E-state index in [4.69, 9.17) is 11.6 Å². The second kappa shape index (κ2) is 4.34. The van der Waals surface area contributed by atoms with Crippen LogP contribution in [0.2, 0.25) is 5.15 Å². The summed E-state index contributed by atoms with van der Waals surface area (Å²) in [7, 11) is 1.97. The van der Waals surface area contributed by atoms with Crippen molar-refractivity contribution in [2.75, 3.05) is 0 Å². The Balaban J connectivity index is 0.000000845. The van der Waals surface area contributed by atoms with Gasteiger partial charge in [0, 0.05) is 0 Å². The fourth-order valence-electron chi connectivity index (χ4n) is 1.40. The van der Waals surface area contributed by atoms with Gasteiger partial charge in [-0.25, -0.2) is 9.13 Å². The Kier molecular flexibility index (Phi) is 3.63. The minimum Gasteiger partial charge on any atom is -1.00 e. The molecule has 2 nitrogen and oxygen atoms in total. The van der Waals surface area contributed by atoms with Crippen molar-refractivity contribution >= 4 is 11.6 Å². The molecule has 1 aliphatic carbocycles. The Bertz CT molecular complexity index is 260. The van der Waals surface area contributed by atoms with E-state index in [0.717, 1.165) is 17.6 Å². The van der Waals surface area contributed by atoms with Gasteiger partial charge in [-0.05, 0) is 23.9 Å². The largest absolute Gasteiger partial charge is 1.00 e. The molecule has 74 valence electrons. The molecule has 13 heavy (non-hydrogen) atoms. The van der Waals surface area contributed by atoms with Crippen LogP contribution in [-0.4, -0.2) is 4.57 Å². The normalized spacial score (nSPS) is 15.5. The van der Waals surface area contributed by atoms with Gasteiger partial charge < -0.3 is 12.4 Å². The first-order valence-electron chi connectivity index (χ1n) is 4.46. The minimum absolute atomic E-state index is 0. The van der Waals surface area contributed by atoms with Crippen LogP contribution < -0.4 is 17.0 Å². The summed E-state index contributed by atoms with van der Waals surface area (Å²) < 4.78 is 4.11. The molecule has 0 amide bonds. The van der Waals surface area contributed by atoms with Gasteiger partial charge in [-0.3, -0.25) is 0 Å². The van der Waals surface area contributed by atoms with Crippen molar-refractivity contribution in [3.63, 3.8) is 0 Å². The smallest absolute Gasteiger partial charge is 0.244 e. The zero-order chi connectivity index (χ0) is 8.55.